The molecule has 0 spiro atoms. The molecule has 1 aliphatic heterocycles. The summed E-state index contributed by atoms with van der Waals surface area (Å²) in [5.41, 5.74) is -0.425. The van der Waals surface area contributed by atoms with Crippen LogP contribution in [-0.2, 0) is 9.31 Å². The minimum Gasteiger partial charge on any atom is -0.400 e. The topological polar surface area (TPSA) is 18.5 Å². The van der Waals surface area contributed by atoms with E-state index < -0.39 is 0 Å². The highest BCUT2D eigenvalue weighted by atomic mass is 16.7. The standard InChI is InChI=1S/C14H25BO2/c1-13(2)14(3,4)17-15(16-13)11-7-5-6-8-12-9-10-12/h7,11-12H,5-6,8-10H2,1-4H3/b11-7+. The molecular formula is C14H25BO2. The van der Waals surface area contributed by atoms with E-state index in [2.05, 4.69) is 39.7 Å². The van der Waals surface area contributed by atoms with E-state index in [1.807, 2.05) is 0 Å². The van der Waals surface area contributed by atoms with Crippen molar-refractivity contribution in [1.29, 1.82) is 0 Å². The van der Waals surface area contributed by atoms with E-state index in [0.717, 1.165) is 12.3 Å². The number of rotatable bonds is 5. The molecule has 0 amide bonds. The van der Waals surface area contributed by atoms with Crippen molar-refractivity contribution in [2.24, 2.45) is 5.92 Å². The average molecular weight is 236 g/mol. The first-order valence-electron chi connectivity index (χ1n) is 6.93. The molecule has 1 saturated carbocycles. The van der Waals surface area contributed by atoms with E-state index in [0.29, 0.717) is 0 Å². The Labute approximate surface area is 106 Å². The van der Waals surface area contributed by atoms with Crippen LogP contribution in [0, 0.1) is 5.92 Å². The Morgan fingerprint density at radius 2 is 1.71 bits per heavy atom. The number of unbranched alkanes of at least 4 members (excludes halogenated alkanes) is 1. The smallest absolute Gasteiger partial charge is 0.400 e. The summed E-state index contributed by atoms with van der Waals surface area (Å²) >= 11 is 0. The molecule has 1 saturated heterocycles. The molecule has 0 N–H and O–H groups in total. The molecule has 2 aliphatic rings. The molecular weight excluding hydrogens is 211 g/mol. The first-order chi connectivity index (χ1) is 7.91. The van der Waals surface area contributed by atoms with E-state index in [1.54, 1.807) is 0 Å². The predicted octanol–water partition coefficient (Wildman–Crippen LogP) is 3.75. The maximum absolute atomic E-state index is 5.90. The molecule has 0 unspecified atom stereocenters. The van der Waals surface area contributed by atoms with Gasteiger partial charge in [0.1, 0.15) is 0 Å². The zero-order valence-electron chi connectivity index (χ0n) is 11.7. The molecule has 0 bridgehead atoms. The summed E-state index contributed by atoms with van der Waals surface area (Å²) in [4.78, 5) is 0. The molecule has 2 nitrogen and oxygen atoms in total. The van der Waals surface area contributed by atoms with Crippen LogP contribution in [0.5, 0.6) is 0 Å². The molecule has 0 radical (unpaired) electrons. The van der Waals surface area contributed by atoms with Gasteiger partial charge in [0.25, 0.3) is 0 Å². The second-order valence-corrected chi connectivity index (χ2v) is 6.43. The number of hydrogen-bond donors (Lipinski definition) is 0. The van der Waals surface area contributed by atoms with Gasteiger partial charge in [-0.25, -0.2) is 0 Å². The maximum atomic E-state index is 5.90. The van der Waals surface area contributed by atoms with Crippen LogP contribution < -0.4 is 0 Å². The highest BCUT2D eigenvalue weighted by Crippen LogP contribution is 2.37. The van der Waals surface area contributed by atoms with Crippen LogP contribution in [0.2, 0.25) is 0 Å². The van der Waals surface area contributed by atoms with Crippen LogP contribution in [0.4, 0.5) is 0 Å². The van der Waals surface area contributed by atoms with Gasteiger partial charge in [-0.05, 0) is 46.5 Å². The summed E-state index contributed by atoms with van der Waals surface area (Å²) < 4.78 is 11.8. The Balaban J connectivity index is 1.70. The SMILES string of the molecule is CC1(C)OB(/C=C/CCCC2CC2)OC1(C)C. The van der Waals surface area contributed by atoms with Gasteiger partial charge in [0.05, 0.1) is 11.2 Å². The highest BCUT2D eigenvalue weighted by Gasteiger charge is 2.49. The van der Waals surface area contributed by atoms with Gasteiger partial charge >= 0.3 is 7.12 Å². The fourth-order valence-corrected chi connectivity index (χ4v) is 2.11. The number of allylic oxidation sites excluding steroid dienone is 1. The Morgan fingerprint density at radius 1 is 1.12 bits per heavy atom. The molecule has 17 heavy (non-hydrogen) atoms. The van der Waals surface area contributed by atoms with Crippen LogP contribution in [0.15, 0.2) is 12.1 Å². The second kappa shape index (κ2) is 4.77. The summed E-state index contributed by atoms with van der Waals surface area (Å²) in [7, 11) is -0.166. The fourth-order valence-electron chi connectivity index (χ4n) is 2.11. The first-order valence-corrected chi connectivity index (χ1v) is 6.93. The van der Waals surface area contributed by atoms with Crippen molar-refractivity contribution in [3.05, 3.63) is 12.1 Å². The van der Waals surface area contributed by atoms with Crippen molar-refractivity contribution in [1.82, 2.24) is 0 Å². The van der Waals surface area contributed by atoms with Crippen molar-refractivity contribution in [3.63, 3.8) is 0 Å². The average Bonchev–Trinajstić information content (AvgIpc) is 2.95. The highest BCUT2D eigenvalue weighted by molar-refractivity contribution is 6.51. The van der Waals surface area contributed by atoms with Crippen molar-refractivity contribution in [3.8, 4) is 0 Å². The van der Waals surface area contributed by atoms with Gasteiger partial charge in [0.15, 0.2) is 0 Å². The van der Waals surface area contributed by atoms with E-state index in [1.165, 1.54) is 25.7 Å². The maximum Gasteiger partial charge on any atom is 0.486 e. The molecule has 0 aromatic heterocycles. The minimum absolute atomic E-state index is 0.166. The third-order valence-electron chi connectivity index (χ3n) is 4.24. The lowest BCUT2D eigenvalue weighted by Gasteiger charge is -2.32. The van der Waals surface area contributed by atoms with Gasteiger partial charge in [-0.3, -0.25) is 0 Å². The number of hydrogen-bond acceptors (Lipinski definition) is 2. The van der Waals surface area contributed by atoms with Crippen molar-refractivity contribution in [2.75, 3.05) is 0 Å². The van der Waals surface area contributed by atoms with Crippen LogP contribution in [0.3, 0.4) is 0 Å². The Hall–Kier alpha value is -0.275. The lowest BCUT2D eigenvalue weighted by atomic mass is 9.89. The van der Waals surface area contributed by atoms with Crippen LogP contribution in [-0.4, -0.2) is 18.3 Å². The Kier molecular flexibility index (Phi) is 3.70. The third-order valence-corrected chi connectivity index (χ3v) is 4.24. The van der Waals surface area contributed by atoms with Gasteiger partial charge in [-0.15, -0.1) is 0 Å². The van der Waals surface area contributed by atoms with Gasteiger partial charge in [-0.1, -0.05) is 31.3 Å². The quantitative estimate of drug-likeness (QED) is 0.534. The molecule has 0 atom stereocenters. The second-order valence-electron chi connectivity index (χ2n) is 6.43. The summed E-state index contributed by atoms with van der Waals surface area (Å²) in [6.45, 7) is 8.36. The largest absolute Gasteiger partial charge is 0.486 e. The monoisotopic (exact) mass is 236 g/mol. The van der Waals surface area contributed by atoms with Crippen LogP contribution in [0.1, 0.15) is 59.8 Å². The summed E-state index contributed by atoms with van der Waals surface area (Å²) in [5, 5.41) is 0. The van der Waals surface area contributed by atoms with Gasteiger partial charge in [0, 0.05) is 0 Å². The lowest BCUT2D eigenvalue weighted by Crippen LogP contribution is -2.41. The third kappa shape index (κ3) is 3.35. The van der Waals surface area contributed by atoms with E-state index in [4.69, 9.17) is 9.31 Å². The normalized spacial score (nSPS) is 26.9. The Bertz CT molecular complexity index is 277. The van der Waals surface area contributed by atoms with E-state index in [9.17, 15) is 0 Å². The zero-order chi connectivity index (χ0) is 12.5. The molecule has 96 valence electrons. The minimum atomic E-state index is -0.212. The summed E-state index contributed by atoms with van der Waals surface area (Å²) in [6, 6.07) is 0. The van der Waals surface area contributed by atoms with Crippen LogP contribution >= 0.6 is 0 Å². The Morgan fingerprint density at radius 3 is 2.24 bits per heavy atom. The molecule has 2 rings (SSSR count). The zero-order valence-corrected chi connectivity index (χ0v) is 11.7. The van der Waals surface area contributed by atoms with Gasteiger partial charge < -0.3 is 9.31 Å². The van der Waals surface area contributed by atoms with Gasteiger partial charge in [-0.2, -0.15) is 0 Å². The van der Waals surface area contributed by atoms with Crippen LogP contribution in [0.25, 0.3) is 0 Å². The molecule has 1 heterocycles. The summed E-state index contributed by atoms with van der Waals surface area (Å²) in [6.07, 6.45) is 8.99. The first kappa shape index (κ1) is 13.2. The van der Waals surface area contributed by atoms with Gasteiger partial charge in [0.2, 0.25) is 0 Å². The van der Waals surface area contributed by atoms with Crippen molar-refractivity contribution >= 4 is 7.12 Å². The van der Waals surface area contributed by atoms with Crippen molar-refractivity contribution < 1.29 is 9.31 Å². The predicted molar refractivity (Wildman–Crippen MR) is 71.8 cm³/mol. The summed E-state index contributed by atoms with van der Waals surface area (Å²) in [5.74, 6) is 3.11. The molecule has 3 heteroatoms. The fraction of sp³-hybridized carbons (Fsp3) is 0.857. The molecule has 1 aliphatic carbocycles. The molecule has 0 aromatic rings. The van der Waals surface area contributed by atoms with E-state index >= 15 is 0 Å². The molecule has 2 fully saturated rings. The lowest BCUT2D eigenvalue weighted by molar-refractivity contribution is 0.00578. The van der Waals surface area contributed by atoms with Crippen molar-refractivity contribution in [2.45, 2.75) is 71.0 Å². The molecule has 0 aromatic carbocycles. The van der Waals surface area contributed by atoms with E-state index in [-0.39, 0.29) is 18.3 Å².